The van der Waals surface area contributed by atoms with Crippen LogP contribution in [0.3, 0.4) is 0 Å². The summed E-state index contributed by atoms with van der Waals surface area (Å²) in [5.74, 6) is 0.874. The summed E-state index contributed by atoms with van der Waals surface area (Å²) in [6.07, 6.45) is 0. The Morgan fingerprint density at radius 2 is 1.53 bits per heavy atom. The highest BCUT2D eigenvalue weighted by atomic mass is 16.5. The number of methoxy groups -OCH3 is 2. The molecule has 0 radical (unpaired) electrons. The Kier molecular flexibility index (Phi) is 3.96. The normalized spacial score (nSPS) is 12.6. The van der Waals surface area contributed by atoms with E-state index in [1.165, 1.54) is 14.2 Å². The van der Waals surface area contributed by atoms with E-state index in [2.05, 4.69) is 0 Å². The van der Waals surface area contributed by atoms with Gasteiger partial charge in [0, 0.05) is 23.7 Å². The van der Waals surface area contributed by atoms with E-state index in [1.54, 1.807) is 30.3 Å². The van der Waals surface area contributed by atoms with E-state index < -0.39 is 0 Å². The van der Waals surface area contributed by atoms with E-state index >= 15 is 0 Å². The zero-order valence-corrected chi connectivity index (χ0v) is 16.7. The van der Waals surface area contributed by atoms with Crippen molar-refractivity contribution < 1.29 is 19.1 Å². The third-order valence-electron chi connectivity index (χ3n) is 5.56. The first-order chi connectivity index (χ1) is 14.5. The van der Waals surface area contributed by atoms with Crippen LogP contribution < -0.4 is 9.47 Å². The smallest absolute Gasteiger partial charge is 0.201 e. The molecule has 1 aliphatic rings. The van der Waals surface area contributed by atoms with Crippen LogP contribution >= 0.6 is 0 Å². The summed E-state index contributed by atoms with van der Waals surface area (Å²) in [5, 5.41) is 0. The zero-order valence-electron chi connectivity index (χ0n) is 16.7. The fourth-order valence-electron chi connectivity index (χ4n) is 4.12. The fraction of sp³-hybridized carbons (Fsp3) is 0.125. The molecular weight excluding hydrogens is 380 g/mol. The van der Waals surface area contributed by atoms with Crippen molar-refractivity contribution in [2.75, 3.05) is 14.2 Å². The molecule has 5 rings (SSSR count). The first kappa shape index (κ1) is 18.1. The molecule has 0 fully saturated rings. The molecule has 0 unspecified atom stereocenters. The van der Waals surface area contributed by atoms with Crippen LogP contribution in [0, 0.1) is 0 Å². The van der Waals surface area contributed by atoms with Crippen LogP contribution in [0.4, 0.5) is 0 Å². The van der Waals surface area contributed by atoms with E-state index in [9.17, 15) is 9.59 Å². The lowest BCUT2D eigenvalue weighted by molar-refractivity contribution is 0.0974. The molecule has 1 aromatic heterocycles. The average Bonchev–Trinajstić information content (AvgIpc) is 3.12. The van der Waals surface area contributed by atoms with Gasteiger partial charge < -0.3 is 14.0 Å². The van der Waals surface area contributed by atoms with Crippen LogP contribution in [0.15, 0.2) is 54.6 Å². The van der Waals surface area contributed by atoms with Crippen molar-refractivity contribution in [1.29, 1.82) is 0 Å². The molecule has 3 aromatic carbocycles. The van der Waals surface area contributed by atoms with Crippen molar-refractivity contribution in [3.05, 3.63) is 76.9 Å². The molecule has 30 heavy (non-hydrogen) atoms. The molecule has 6 heteroatoms. The average molecular weight is 398 g/mol. The largest absolute Gasteiger partial charge is 0.496 e. The van der Waals surface area contributed by atoms with Crippen LogP contribution in [0.25, 0.3) is 22.4 Å². The summed E-state index contributed by atoms with van der Waals surface area (Å²) in [5.41, 5.74) is 3.69. The van der Waals surface area contributed by atoms with Crippen LogP contribution in [0.2, 0.25) is 0 Å². The zero-order chi connectivity index (χ0) is 21.0. The monoisotopic (exact) mass is 398 g/mol. The number of aromatic nitrogens is 2. The molecule has 0 bridgehead atoms. The van der Waals surface area contributed by atoms with Crippen molar-refractivity contribution in [2.24, 2.45) is 7.05 Å². The lowest BCUT2D eigenvalue weighted by atomic mass is 9.82. The molecule has 0 saturated carbocycles. The lowest BCUT2D eigenvalue weighted by Crippen LogP contribution is -2.22. The maximum absolute atomic E-state index is 13.3. The standard InChI is InChI=1S/C24H18N2O4/c1-26-17-9-5-4-8-16(17)25-24(26)13-11-15-21(19(12-13)30-3)23(28)20-14(22(15)27)7-6-10-18(20)29-2/h4-12H,1-3H3. The molecule has 1 heterocycles. The number of ketones is 2. The van der Waals surface area contributed by atoms with Gasteiger partial charge in [0.05, 0.1) is 36.4 Å². The molecule has 0 spiro atoms. The summed E-state index contributed by atoms with van der Waals surface area (Å²) >= 11 is 0. The Hall–Kier alpha value is -3.93. The Morgan fingerprint density at radius 3 is 2.27 bits per heavy atom. The number of para-hydroxylation sites is 2. The Balaban J connectivity index is 1.77. The van der Waals surface area contributed by atoms with Crippen molar-refractivity contribution >= 4 is 22.6 Å². The minimum absolute atomic E-state index is 0.239. The molecule has 4 aromatic rings. The SMILES string of the molecule is COc1cccc2c1C(=O)c1c(OC)cc(-c3nc4ccccc4n3C)cc1C2=O. The van der Waals surface area contributed by atoms with Crippen LogP contribution in [0.1, 0.15) is 31.8 Å². The van der Waals surface area contributed by atoms with E-state index in [0.29, 0.717) is 34.0 Å². The van der Waals surface area contributed by atoms with Gasteiger partial charge in [-0.3, -0.25) is 9.59 Å². The second-order valence-corrected chi connectivity index (χ2v) is 7.13. The maximum atomic E-state index is 13.3. The molecular formula is C24H18N2O4. The first-order valence-electron chi connectivity index (χ1n) is 9.45. The fourth-order valence-corrected chi connectivity index (χ4v) is 4.12. The number of hydrogen-bond donors (Lipinski definition) is 0. The van der Waals surface area contributed by atoms with Crippen molar-refractivity contribution in [2.45, 2.75) is 0 Å². The van der Waals surface area contributed by atoms with E-state index in [0.717, 1.165) is 11.0 Å². The maximum Gasteiger partial charge on any atom is 0.201 e. The van der Waals surface area contributed by atoms with E-state index in [4.69, 9.17) is 14.5 Å². The molecule has 0 saturated heterocycles. The van der Waals surface area contributed by atoms with Crippen LogP contribution in [0.5, 0.6) is 11.5 Å². The Bertz CT molecular complexity index is 1370. The van der Waals surface area contributed by atoms with Gasteiger partial charge in [0.15, 0.2) is 5.78 Å². The second kappa shape index (κ2) is 6.56. The molecule has 1 aliphatic carbocycles. The number of rotatable bonds is 3. The highest BCUT2D eigenvalue weighted by Gasteiger charge is 2.35. The number of carbonyl (C=O) groups is 2. The molecule has 0 amide bonds. The van der Waals surface area contributed by atoms with Gasteiger partial charge in [0.1, 0.15) is 17.3 Å². The van der Waals surface area contributed by atoms with Gasteiger partial charge >= 0.3 is 0 Å². The number of ether oxygens (including phenoxy) is 2. The number of fused-ring (bicyclic) bond motifs is 3. The third kappa shape index (κ3) is 2.40. The summed E-state index contributed by atoms with van der Waals surface area (Å²) in [6.45, 7) is 0. The number of benzene rings is 3. The predicted octanol–water partition coefficient (Wildman–Crippen LogP) is 4.03. The number of imidazole rings is 1. The molecule has 148 valence electrons. The second-order valence-electron chi connectivity index (χ2n) is 7.13. The summed E-state index contributed by atoms with van der Waals surface area (Å²) in [7, 11) is 4.89. The molecule has 6 nitrogen and oxygen atoms in total. The predicted molar refractivity (Wildman–Crippen MR) is 113 cm³/mol. The van der Waals surface area contributed by atoms with Gasteiger partial charge in [0.2, 0.25) is 5.78 Å². The number of carbonyl (C=O) groups excluding carboxylic acids is 2. The van der Waals surface area contributed by atoms with Gasteiger partial charge in [0.25, 0.3) is 0 Å². The minimum atomic E-state index is -0.287. The summed E-state index contributed by atoms with van der Waals surface area (Å²) in [6, 6.07) is 16.3. The van der Waals surface area contributed by atoms with Crippen molar-refractivity contribution in [1.82, 2.24) is 9.55 Å². The number of aryl methyl sites for hydroxylation is 1. The van der Waals surface area contributed by atoms with Gasteiger partial charge in [-0.1, -0.05) is 24.3 Å². The number of nitrogens with zero attached hydrogens (tertiary/aromatic N) is 2. The third-order valence-corrected chi connectivity index (χ3v) is 5.56. The molecule has 0 aliphatic heterocycles. The topological polar surface area (TPSA) is 70.4 Å². The summed E-state index contributed by atoms with van der Waals surface area (Å²) in [4.78, 5) is 31.4. The van der Waals surface area contributed by atoms with Crippen molar-refractivity contribution in [3.63, 3.8) is 0 Å². The van der Waals surface area contributed by atoms with Crippen molar-refractivity contribution in [3.8, 4) is 22.9 Å². The molecule has 0 N–H and O–H groups in total. The summed E-state index contributed by atoms with van der Waals surface area (Å²) < 4.78 is 12.8. The quantitative estimate of drug-likeness (QED) is 0.459. The Morgan fingerprint density at radius 1 is 0.800 bits per heavy atom. The lowest BCUT2D eigenvalue weighted by Gasteiger charge is -2.22. The highest BCUT2D eigenvalue weighted by molar-refractivity contribution is 6.30. The van der Waals surface area contributed by atoms with Gasteiger partial charge in [-0.2, -0.15) is 0 Å². The van der Waals surface area contributed by atoms with Crippen LogP contribution in [-0.2, 0) is 7.05 Å². The minimum Gasteiger partial charge on any atom is -0.496 e. The highest BCUT2D eigenvalue weighted by Crippen LogP contribution is 2.40. The number of hydrogen-bond acceptors (Lipinski definition) is 5. The van der Waals surface area contributed by atoms with Crippen LogP contribution in [-0.4, -0.2) is 35.3 Å². The van der Waals surface area contributed by atoms with E-state index in [-0.39, 0.29) is 22.7 Å². The van der Waals surface area contributed by atoms with Gasteiger partial charge in [-0.25, -0.2) is 4.98 Å². The van der Waals surface area contributed by atoms with E-state index in [1.807, 2.05) is 35.9 Å². The van der Waals surface area contributed by atoms with Gasteiger partial charge in [-0.05, 0) is 30.3 Å². The first-order valence-corrected chi connectivity index (χ1v) is 9.45. The Labute approximate surface area is 172 Å². The van der Waals surface area contributed by atoms with Gasteiger partial charge in [-0.15, -0.1) is 0 Å². The molecule has 0 atom stereocenters.